The Balaban J connectivity index is 2.15. The molecule has 5 unspecified atom stereocenters. The van der Waals surface area contributed by atoms with E-state index in [-0.39, 0.29) is 12.6 Å². The standard InChI is InChI=1S/C8H15NO4/c10-3-4-1-5(11)7-8(13)6(12)2-9(4)7/h4-8,10-13H,1-3H2. The highest BCUT2D eigenvalue weighted by Crippen LogP contribution is 2.32. The van der Waals surface area contributed by atoms with Gasteiger partial charge in [0, 0.05) is 12.6 Å². The quantitative estimate of drug-likeness (QED) is 0.367. The van der Waals surface area contributed by atoms with Crippen LogP contribution in [0.15, 0.2) is 0 Å². The average molecular weight is 189 g/mol. The van der Waals surface area contributed by atoms with E-state index < -0.39 is 24.4 Å². The smallest absolute Gasteiger partial charge is 0.0991 e. The molecule has 4 N–H and O–H groups in total. The molecule has 0 aromatic carbocycles. The summed E-state index contributed by atoms with van der Waals surface area (Å²) in [7, 11) is 0. The Kier molecular flexibility index (Phi) is 2.29. The highest BCUT2D eigenvalue weighted by Gasteiger charge is 2.51. The van der Waals surface area contributed by atoms with Crippen LogP contribution in [0.1, 0.15) is 6.42 Å². The van der Waals surface area contributed by atoms with E-state index in [9.17, 15) is 15.3 Å². The van der Waals surface area contributed by atoms with Gasteiger partial charge in [0.1, 0.15) is 0 Å². The van der Waals surface area contributed by atoms with Crippen LogP contribution in [0, 0.1) is 0 Å². The molecule has 2 heterocycles. The molecule has 0 aliphatic carbocycles. The molecular formula is C8H15NO4. The summed E-state index contributed by atoms with van der Waals surface area (Å²) in [5, 5.41) is 37.4. The zero-order valence-corrected chi connectivity index (χ0v) is 7.24. The molecule has 76 valence electrons. The van der Waals surface area contributed by atoms with Crippen molar-refractivity contribution in [1.82, 2.24) is 4.90 Å². The molecule has 13 heavy (non-hydrogen) atoms. The van der Waals surface area contributed by atoms with Gasteiger partial charge in [-0.15, -0.1) is 0 Å². The summed E-state index contributed by atoms with van der Waals surface area (Å²) in [6.07, 6.45) is -1.84. The fourth-order valence-electron chi connectivity index (χ4n) is 2.44. The van der Waals surface area contributed by atoms with E-state index in [1.54, 1.807) is 4.90 Å². The van der Waals surface area contributed by atoms with E-state index in [1.165, 1.54) is 0 Å². The van der Waals surface area contributed by atoms with Gasteiger partial charge in [-0.25, -0.2) is 0 Å². The Morgan fingerprint density at radius 3 is 2.46 bits per heavy atom. The highest BCUT2D eigenvalue weighted by atomic mass is 16.3. The molecule has 2 saturated heterocycles. The van der Waals surface area contributed by atoms with Crippen molar-refractivity contribution in [1.29, 1.82) is 0 Å². The minimum Gasteiger partial charge on any atom is -0.395 e. The van der Waals surface area contributed by atoms with Crippen molar-refractivity contribution in [3.63, 3.8) is 0 Å². The second kappa shape index (κ2) is 3.18. The predicted octanol–water partition coefficient (Wildman–Crippen LogP) is -2.48. The van der Waals surface area contributed by atoms with Crippen LogP contribution in [0.5, 0.6) is 0 Å². The molecule has 2 aliphatic rings. The fourth-order valence-corrected chi connectivity index (χ4v) is 2.44. The van der Waals surface area contributed by atoms with Gasteiger partial charge in [-0.3, -0.25) is 4.90 Å². The zero-order valence-electron chi connectivity index (χ0n) is 7.24. The molecule has 5 heteroatoms. The van der Waals surface area contributed by atoms with Crippen molar-refractivity contribution in [2.24, 2.45) is 0 Å². The van der Waals surface area contributed by atoms with Crippen LogP contribution in [-0.4, -0.2) is 68.9 Å². The Morgan fingerprint density at radius 1 is 1.15 bits per heavy atom. The number of aliphatic hydroxyl groups is 4. The maximum absolute atomic E-state index is 9.57. The third kappa shape index (κ3) is 1.28. The maximum Gasteiger partial charge on any atom is 0.0991 e. The van der Waals surface area contributed by atoms with E-state index in [1.807, 2.05) is 0 Å². The molecular weight excluding hydrogens is 174 g/mol. The van der Waals surface area contributed by atoms with Crippen LogP contribution >= 0.6 is 0 Å². The van der Waals surface area contributed by atoms with Gasteiger partial charge in [0.05, 0.1) is 31.0 Å². The molecule has 0 saturated carbocycles. The monoisotopic (exact) mass is 189 g/mol. The van der Waals surface area contributed by atoms with Crippen molar-refractivity contribution >= 4 is 0 Å². The van der Waals surface area contributed by atoms with E-state index >= 15 is 0 Å². The largest absolute Gasteiger partial charge is 0.395 e. The van der Waals surface area contributed by atoms with Crippen molar-refractivity contribution < 1.29 is 20.4 Å². The Morgan fingerprint density at radius 2 is 1.85 bits per heavy atom. The van der Waals surface area contributed by atoms with Gasteiger partial charge in [-0.1, -0.05) is 0 Å². The summed E-state index contributed by atoms with van der Waals surface area (Å²) >= 11 is 0. The van der Waals surface area contributed by atoms with Gasteiger partial charge in [0.2, 0.25) is 0 Å². The molecule has 0 aromatic heterocycles. The Labute approximate surface area is 76.2 Å². The van der Waals surface area contributed by atoms with Crippen molar-refractivity contribution in [2.75, 3.05) is 13.2 Å². The number of hydrogen-bond acceptors (Lipinski definition) is 5. The summed E-state index contributed by atoms with van der Waals surface area (Å²) in [6.45, 7) is 0.307. The minimum atomic E-state index is -0.883. The van der Waals surface area contributed by atoms with Gasteiger partial charge in [-0.05, 0) is 6.42 Å². The van der Waals surface area contributed by atoms with Crippen LogP contribution in [0.2, 0.25) is 0 Å². The van der Waals surface area contributed by atoms with Crippen LogP contribution in [-0.2, 0) is 0 Å². The van der Waals surface area contributed by atoms with E-state index in [0.29, 0.717) is 13.0 Å². The first-order valence-electron chi connectivity index (χ1n) is 4.56. The van der Waals surface area contributed by atoms with Crippen LogP contribution in [0.4, 0.5) is 0 Å². The number of rotatable bonds is 1. The molecule has 0 aromatic rings. The lowest BCUT2D eigenvalue weighted by atomic mass is 10.0. The van der Waals surface area contributed by atoms with Gasteiger partial charge in [0.25, 0.3) is 0 Å². The average Bonchev–Trinajstić information content (AvgIpc) is 2.54. The normalized spacial score (nSPS) is 51.2. The van der Waals surface area contributed by atoms with Crippen molar-refractivity contribution in [3.8, 4) is 0 Å². The minimum absolute atomic E-state index is 0.0347. The lowest BCUT2D eigenvalue weighted by Gasteiger charge is -2.22. The number of hydrogen-bond donors (Lipinski definition) is 4. The molecule has 5 nitrogen and oxygen atoms in total. The second-order valence-electron chi connectivity index (χ2n) is 3.88. The number of aliphatic hydroxyl groups excluding tert-OH is 4. The Hall–Kier alpha value is -0.200. The second-order valence-corrected chi connectivity index (χ2v) is 3.88. The highest BCUT2D eigenvalue weighted by molar-refractivity contribution is 5.05. The summed E-state index contributed by atoms with van der Waals surface area (Å²) in [5.74, 6) is 0. The molecule has 2 fully saturated rings. The molecule has 0 radical (unpaired) electrons. The predicted molar refractivity (Wildman–Crippen MR) is 44.0 cm³/mol. The van der Waals surface area contributed by atoms with E-state index in [0.717, 1.165) is 0 Å². The first kappa shape index (κ1) is 9.36. The molecule has 5 atom stereocenters. The summed E-state index contributed by atoms with van der Waals surface area (Å²) in [5.41, 5.74) is 0. The Bertz CT molecular complexity index is 201. The fraction of sp³-hybridized carbons (Fsp3) is 1.00. The summed E-state index contributed by atoms with van der Waals surface area (Å²) in [4.78, 5) is 1.79. The number of nitrogens with zero attached hydrogens (tertiary/aromatic N) is 1. The first-order chi connectivity index (χ1) is 6.15. The van der Waals surface area contributed by atoms with Crippen molar-refractivity contribution in [2.45, 2.75) is 36.8 Å². The lowest BCUT2D eigenvalue weighted by Crippen LogP contribution is -2.40. The maximum atomic E-state index is 9.57. The first-order valence-corrected chi connectivity index (χ1v) is 4.56. The summed E-state index contributed by atoms with van der Waals surface area (Å²) in [6, 6.07) is -0.515. The van der Waals surface area contributed by atoms with Crippen molar-refractivity contribution in [3.05, 3.63) is 0 Å². The van der Waals surface area contributed by atoms with Crippen LogP contribution in [0.25, 0.3) is 0 Å². The SMILES string of the molecule is OCC1CC(O)C2C(O)C(O)CN12. The van der Waals surface area contributed by atoms with Crippen LogP contribution in [0.3, 0.4) is 0 Å². The molecule has 0 amide bonds. The zero-order chi connectivity index (χ0) is 9.59. The third-order valence-electron chi connectivity index (χ3n) is 3.11. The number of fused-ring (bicyclic) bond motifs is 1. The van der Waals surface area contributed by atoms with E-state index in [2.05, 4.69) is 0 Å². The molecule has 2 rings (SSSR count). The van der Waals surface area contributed by atoms with Gasteiger partial charge < -0.3 is 20.4 Å². The molecule has 2 aliphatic heterocycles. The molecule has 0 bridgehead atoms. The van der Waals surface area contributed by atoms with Crippen LogP contribution < -0.4 is 0 Å². The third-order valence-corrected chi connectivity index (χ3v) is 3.11. The molecule has 0 spiro atoms. The topological polar surface area (TPSA) is 84.2 Å². The lowest BCUT2D eigenvalue weighted by molar-refractivity contribution is 0.00781. The van der Waals surface area contributed by atoms with Gasteiger partial charge in [-0.2, -0.15) is 0 Å². The van der Waals surface area contributed by atoms with Gasteiger partial charge >= 0.3 is 0 Å². The summed E-state index contributed by atoms with van der Waals surface area (Å²) < 4.78 is 0. The van der Waals surface area contributed by atoms with Gasteiger partial charge in [0.15, 0.2) is 0 Å². The van der Waals surface area contributed by atoms with E-state index in [4.69, 9.17) is 5.11 Å².